The van der Waals surface area contributed by atoms with E-state index in [0.29, 0.717) is 11.8 Å². The van der Waals surface area contributed by atoms with Crippen LogP contribution in [0.1, 0.15) is 37.3 Å². The van der Waals surface area contributed by atoms with Crippen molar-refractivity contribution in [3.8, 4) is 0 Å². The minimum atomic E-state index is 0.171. The zero-order valence-corrected chi connectivity index (χ0v) is 16.6. The molecule has 0 radical (unpaired) electrons. The first-order chi connectivity index (χ1) is 13.2. The van der Waals surface area contributed by atoms with Gasteiger partial charge in [0, 0.05) is 31.9 Å². The Morgan fingerprint density at radius 2 is 1.96 bits per heavy atom. The van der Waals surface area contributed by atoms with Crippen molar-refractivity contribution in [2.24, 2.45) is 0 Å². The molecule has 0 atom stereocenters. The summed E-state index contributed by atoms with van der Waals surface area (Å²) >= 11 is 1.46. The van der Waals surface area contributed by atoms with Crippen molar-refractivity contribution in [3.63, 3.8) is 0 Å². The number of hydrogen-bond acceptors (Lipinski definition) is 6. The van der Waals surface area contributed by atoms with Gasteiger partial charge < -0.3 is 9.80 Å². The van der Waals surface area contributed by atoms with E-state index in [1.54, 1.807) is 0 Å². The molecule has 27 heavy (non-hydrogen) atoms. The normalized spacial score (nSPS) is 18.3. The number of piperazine rings is 1. The number of aromatic nitrogens is 4. The SMILES string of the molecule is Cc1cccc(N2CCN(C(=O)CSc3nnnn3C3CCCC3)CC2)c1. The van der Waals surface area contributed by atoms with Crippen molar-refractivity contribution in [3.05, 3.63) is 29.8 Å². The van der Waals surface area contributed by atoms with Gasteiger partial charge >= 0.3 is 0 Å². The molecule has 8 heteroatoms. The molecule has 1 saturated heterocycles. The van der Waals surface area contributed by atoms with E-state index in [0.717, 1.165) is 44.2 Å². The first-order valence-corrected chi connectivity index (χ1v) is 10.7. The molecule has 2 fully saturated rings. The molecule has 1 aliphatic carbocycles. The Bertz CT molecular complexity index is 780. The third-order valence-electron chi connectivity index (χ3n) is 5.46. The second-order valence-corrected chi connectivity index (χ2v) is 8.28. The molecule has 1 amide bonds. The fraction of sp³-hybridized carbons (Fsp3) is 0.579. The minimum absolute atomic E-state index is 0.171. The summed E-state index contributed by atoms with van der Waals surface area (Å²) in [5, 5.41) is 12.9. The highest BCUT2D eigenvalue weighted by atomic mass is 32.2. The van der Waals surface area contributed by atoms with Gasteiger partial charge in [0.15, 0.2) is 0 Å². The maximum atomic E-state index is 12.6. The Morgan fingerprint density at radius 1 is 1.19 bits per heavy atom. The summed E-state index contributed by atoms with van der Waals surface area (Å²) in [6.07, 6.45) is 4.73. The molecule has 1 aromatic carbocycles. The average Bonchev–Trinajstić information content (AvgIpc) is 3.37. The number of nitrogens with zero attached hydrogens (tertiary/aromatic N) is 6. The van der Waals surface area contributed by atoms with E-state index < -0.39 is 0 Å². The second kappa shape index (κ2) is 8.29. The predicted octanol–water partition coefficient (Wildman–Crippen LogP) is 2.54. The fourth-order valence-electron chi connectivity index (χ4n) is 3.91. The van der Waals surface area contributed by atoms with Crippen LogP contribution in [0.25, 0.3) is 0 Å². The maximum Gasteiger partial charge on any atom is 0.233 e. The number of amides is 1. The highest BCUT2D eigenvalue weighted by Crippen LogP contribution is 2.31. The topological polar surface area (TPSA) is 67.2 Å². The Kier molecular flexibility index (Phi) is 5.61. The second-order valence-electron chi connectivity index (χ2n) is 7.34. The van der Waals surface area contributed by atoms with E-state index in [9.17, 15) is 4.79 Å². The van der Waals surface area contributed by atoms with E-state index in [4.69, 9.17) is 0 Å². The lowest BCUT2D eigenvalue weighted by molar-refractivity contribution is -0.128. The van der Waals surface area contributed by atoms with Gasteiger partial charge in [0.1, 0.15) is 0 Å². The monoisotopic (exact) mass is 386 g/mol. The van der Waals surface area contributed by atoms with Crippen molar-refractivity contribution in [1.29, 1.82) is 0 Å². The van der Waals surface area contributed by atoms with Crippen molar-refractivity contribution < 1.29 is 4.79 Å². The van der Waals surface area contributed by atoms with E-state index in [2.05, 4.69) is 51.6 Å². The Balaban J connectivity index is 1.28. The lowest BCUT2D eigenvalue weighted by atomic mass is 10.2. The third-order valence-corrected chi connectivity index (χ3v) is 6.38. The standard InChI is InChI=1S/C19H26N6OS/c1-15-5-4-8-17(13-15)23-9-11-24(12-10-23)18(26)14-27-19-20-21-22-25(19)16-6-2-3-7-16/h4-5,8,13,16H,2-3,6-7,9-12,14H2,1H3. The van der Waals surface area contributed by atoms with Gasteiger partial charge in [0.05, 0.1) is 11.8 Å². The molecule has 0 unspecified atom stereocenters. The number of rotatable bonds is 5. The molecule has 0 N–H and O–H groups in total. The van der Waals surface area contributed by atoms with Crippen LogP contribution in [0.2, 0.25) is 0 Å². The van der Waals surface area contributed by atoms with Crippen molar-refractivity contribution >= 4 is 23.4 Å². The summed E-state index contributed by atoms with van der Waals surface area (Å²) in [7, 11) is 0. The zero-order valence-electron chi connectivity index (χ0n) is 15.8. The Hall–Kier alpha value is -2.09. The first kappa shape index (κ1) is 18.3. The largest absolute Gasteiger partial charge is 0.368 e. The van der Waals surface area contributed by atoms with E-state index >= 15 is 0 Å². The van der Waals surface area contributed by atoms with Gasteiger partial charge in [-0.15, -0.1) is 5.10 Å². The molecule has 7 nitrogen and oxygen atoms in total. The molecule has 2 aliphatic rings. The fourth-order valence-corrected chi connectivity index (χ4v) is 4.76. The van der Waals surface area contributed by atoms with E-state index in [1.165, 1.54) is 35.9 Å². The van der Waals surface area contributed by atoms with Gasteiger partial charge in [-0.1, -0.05) is 36.7 Å². The number of anilines is 1. The van der Waals surface area contributed by atoms with Gasteiger partial charge in [-0.05, 0) is 47.9 Å². The quantitative estimate of drug-likeness (QED) is 0.736. The summed E-state index contributed by atoms with van der Waals surface area (Å²) in [5.41, 5.74) is 2.51. The number of thioether (sulfide) groups is 1. The zero-order chi connectivity index (χ0) is 18.6. The van der Waals surface area contributed by atoms with Crippen LogP contribution >= 0.6 is 11.8 Å². The molecular formula is C19H26N6OS. The number of hydrogen-bond donors (Lipinski definition) is 0. The minimum Gasteiger partial charge on any atom is -0.368 e. The molecule has 144 valence electrons. The van der Waals surface area contributed by atoms with Crippen LogP contribution in [-0.2, 0) is 4.79 Å². The summed E-state index contributed by atoms with van der Waals surface area (Å²) in [5.74, 6) is 0.572. The van der Waals surface area contributed by atoms with Crippen molar-refractivity contribution in [2.75, 3.05) is 36.8 Å². The molecule has 1 aromatic heterocycles. The van der Waals surface area contributed by atoms with Crippen LogP contribution in [-0.4, -0.2) is 62.9 Å². The van der Waals surface area contributed by atoms with E-state index in [1.807, 2.05) is 9.58 Å². The van der Waals surface area contributed by atoms with Crippen molar-refractivity contribution in [2.45, 2.75) is 43.8 Å². The molecule has 0 spiro atoms. The van der Waals surface area contributed by atoms with Crippen LogP contribution in [0, 0.1) is 6.92 Å². The molecule has 4 rings (SSSR count). The van der Waals surface area contributed by atoms with Gasteiger partial charge in [0.2, 0.25) is 11.1 Å². The maximum absolute atomic E-state index is 12.6. The highest BCUT2D eigenvalue weighted by molar-refractivity contribution is 7.99. The third kappa shape index (κ3) is 4.26. The lowest BCUT2D eigenvalue weighted by Crippen LogP contribution is -2.49. The number of benzene rings is 1. The summed E-state index contributed by atoms with van der Waals surface area (Å²) < 4.78 is 1.92. The van der Waals surface area contributed by atoms with Crippen LogP contribution in [0.15, 0.2) is 29.4 Å². The van der Waals surface area contributed by atoms with Gasteiger partial charge in [0.25, 0.3) is 0 Å². The van der Waals surface area contributed by atoms with Gasteiger partial charge in [-0.3, -0.25) is 4.79 Å². The molecule has 1 aliphatic heterocycles. The molecule has 0 bridgehead atoms. The smallest absolute Gasteiger partial charge is 0.233 e. The Labute approximate surface area is 164 Å². The van der Waals surface area contributed by atoms with Crippen LogP contribution < -0.4 is 4.90 Å². The molecule has 2 heterocycles. The molecular weight excluding hydrogens is 360 g/mol. The summed E-state index contributed by atoms with van der Waals surface area (Å²) in [4.78, 5) is 16.9. The van der Waals surface area contributed by atoms with Crippen LogP contribution in [0.4, 0.5) is 5.69 Å². The molecule has 1 saturated carbocycles. The predicted molar refractivity (Wildman–Crippen MR) is 106 cm³/mol. The summed E-state index contributed by atoms with van der Waals surface area (Å²) in [6, 6.07) is 8.95. The first-order valence-electron chi connectivity index (χ1n) is 9.71. The van der Waals surface area contributed by atoms with E-state index in [-0.39, 0.29) is 5.91 Å². The van der Waals surface area contributed by atoms with Crippen LogP contribution in [0.3, 0.4) is 0 Å². The number of aryl methyl sites for hydroxylation is 1. The number of carbonyl (C=O) groups is 1. The Morgan fingerprint density at radius 3 is 2.70 bits per heavy atom. The lowest BCUT2D eigenvalue weighted by Gasteiger charge is -2.36. The van der Waals surface area contributed by atoms with Crippen LogP contribution in [0.5, 0.6) is 0 Å². The number of tetrazole rings is 1. The van der Waals surface area contributed by atoms with Crippen molar-refractivity contribution in [1.82, 2.24) is 25.1 Å². The number of carbonyl (C=O) groups excluding carboxylic acids is 1. The highest BCUT2D eigenvalue weighted by Gasteiger charge is 2.24. The van der Waals surface area contributed by atoms with Gasteiger partial charge in [-0.25, -0.2) is 4.68 Å². The molecule has 2 aromatic rings. The average molecular weight is 387 g/mol. The summed E-state index contributed by atoms with van der Waals surface area (Å²) in [6.45, 7) is 5.39. The van der Waals surface area contributed by atoms with Gasteiger partial charge in [-0.2, -0.15) is 0 Å².